The van der Waals surface area contributed by atoms with Crippen LogP contribution in [0.3, 0.4) is 0 Å². The number of aliphatic hydroxyl groups excluding tert-OH is 2. The first-order valence-electron chi connectivity index (χ1n) is 40.1. The number of rotatable bonds is 76. The van der Waals surface area contributed by atoms with Crippen LogP contribution in [0.5, 0.6) is 0 Å². The number of ether oxygens (including phenoxy) is 1. The Morgan fingerprint density at radius 3 is 0.828 bits per heavy atom. The quantitative estimate of drug-likeness (QED) is 0.0320. The number of carbonyl (C=O) groups is 2. The van der Waals surface area contributed by atoms with E-state index in [1.54, 1.807) is 0 Å². The first-order valence-corrected chi connectivity index (χ1v) is 40.1. The molecule has 0 saturated heterocycles. The molecule has 0 aromatic heterocycles. The molecule has 516 valence electrons. The summed E-state index contributed by atoms with van der Waals surface area (Å²) in [6.45, 7) is 4.99. The molecule has 1 amide bonds. The number of aliphatic hydroxyl groups is 2. The highest BCUT2D eigenvalue weighted by molar-refractivity contribution is 5.76. The third kappa shape index (κ3) is 73.3. The molecule has 0 rings (SSSR count). The lowest BCUT2D eigenvalue weighted by molar-refractivity contribution is -0.143. The highest BCUT2D eigenvalue weighted by atomic mass is 16.5. The van der Waals surface area contributed by atoms with Crippen molar-refractivity contribution < 1.29 is 24.5 Å². The molecule has 87 heavy (non-hydrogen) atoms. The van der Waals surface area contributed by atoms with E-state index in [0.717, 1.165) is 44.9 Å². The minimum Gasteiger partial charge on any atom is -0.466 e. The molecule has 0 spiro atoms. The molecule has 6 heteroatoms. The van der Waals surface area contributed by atoms with Crippen molar-refractivity contribution in [3.8, 4) is 0 Å². The number of allylic oxidation sites excluding steroid dienone is 4. The summed E-state index contributed by atoms with van der Waals surface area (Å²) in [6, 6.07) is -0.539. The molecular formula is C81H157NO5. The zero-order chi connectivity index (χ0) is 62.8. The van der Waals surface area contributed by atoms with E-state index in [1.807, 2.05) is 0 Å². The van der Waals surface area contributed by atoms with E-state index < -0.39 is 12.1 Å². The van der Waals surface area contributed by atoms with E-state index >= 15 is 0 Å². The van der Waals surface area contributed by atoms with Crippen LogP contribution in [-0.2, 0) is 14.3 Å². The highest BCUT2D eigenvalue weighted by Gasteiger charge is 2.20. The maximum absolute atomic E-state index is 12.6. The van der Waals surface area contributed by atoms with Crippen molar-refractivity contribution in [1.29, 1.82) is 0 Å². The van der Waals surface area contributed by atoms with Crippen LogP contribution in [0.25, 0.3) is 0 Å². The van der Waals surface area contributed by atoms with Crippen molar-refractivity contribution in [3.05, 3.63) is 24.3 Å². The fourth-order valence-corrected chi connectivity index (χ4v) is 12.9. The number of esters is 1. The Hall–Kier alpha value is -1.66. The van der Waals surface area contributed by atoms with Crippen molar-refractivity contribution in [2.24, 2.45) is 0 Å². The second kappa shape index (κ2) is 76.8. The lowest BCUT2D eigenvalue weighted by Crippen LogP contribution is -2.45. The summed E-state index contributed by atoms with van der Waals surface area (Å²) in [6.07, 6.45) is 98.5. The van der Waals surface area contributed by atoms with Gasteiger partial charge in [-0.15, -0.1) is 0 Å². The van der Waals surface area contributed by atoms with E-state index in [4.69, 9.17) is 4.74 Å². The van der Waals surface area contributed by atoms with Gasteiger partial charge in [-0.2, -0.15) is 0 Å². The summed E-state index contributed by atoms with van der Waals surface area (Å²) in [5.74, 6) is -0.0128. The summed E-state index contributed by atoms with van der Waals surface area (Å²) < 4.78 is 5.49. The molecule has 0 heterocycles. The van der Waals surface area contributed by atoms with E-state index in [-0.39, 0.29) is 18.5 Å². The van der Waals surface area contributed by atoms with Gasteiger partial charge in [-0.05, 0) is 77.0 Å². The topological polar surface area (TPSA) is 95.9 Å². The Balaban J connectivity index is 3.33. The Morgan fingerprint density at radius 2 is 0.540 bits per heavy atom. The van der Waals surface area contributed by atoms with Gasteiger partial charge in [0.1, 0.15) is 0 Å². The number of hydrogen-bond acceptors (Lipinski definition) is 5. The molecule has 2 unspecified atom stereocenters. The Morgan fingerprint density at radius 1 is 0.310 bits per heavy atom. The van der Waals surface area contributed by atoms with E-state index in [9.17, 15) is 19.8 Å². The first kappa shape index (κ1) is 85.3. The predicted molar refractivity (Wildman–Crippen MR) is 384 cm³/mol. The van der Waals surface area contributed by atoms with Gasteiger partial charge in [-0.3, -0.25) is 9.59 Å². The molecule has 6 nitrogen and oxygen atoms in total. The molecule has 0 fully saturated rings. The van der Waals surface area contributed by atoms with Gasteiger partial charge in [-0.1, -0.05) is 391 Å². The minimum atomic E-state index is -0.662. The summed E-state index contributed by atoms with van der Waals surface area (Å²) >= 11 is 0. The largest absolute Gasteiger partial charge is 0.466 e. The molecule has 0 saturated carbocycles. The van der Waals surface area contributed by atoms with Crippen LogP contribution in [0.2, 0.25) is 0 Å². The van der Waals surface area contributed by atoms with Crippen molar-refractivity contribution in [2.75, 3.05) is 13.2 Å². The maximum Gasteiger partial charge on any atom is 0.305 e. The van der Waals surface area contributed by atoms with E-state index in [0.29, 0.717) is 25.9 Å². The second-order valence-electron chi connectivity index (χ2n) is 27.7. The van der Waals surface area contributed by atoms with Gasteiger partial charge < -0.3 is 20.3 Å². The smallest absolute Gasteiger partial charge is 0.305 e. The molecule has 0 radical (unpaired) electrons. The summed E-state index contributed by atoms with van der Waals surface area (Å²) in [5.41, 5.74) is 0. The zero-order valence-corrected chi connectivity index (χ0v) is 59.3. The Labute approximate surface area is 545 Å². The van der Waals surface area contributed by atoms with E-state index in [2.05, 4.69) is 43.5 Å². The Kier molecular flexibility index (Phi) is 75.3. The first-order chi connectivity index (χ1) is 43.0. The van der Waals surface area contributed by atoms with Gasteiger partial charge in [0.25, 0.3) is 0 Å². The fourth-order valence-electron chi connectivity index (χ4n) is 12.9. The van der Waals surface area contributed by atoms with Crippen LogP contribution in [0.1, 0.15) is 457 Å². The number of hydrogen-bond donors (Lipinski definition) is 3. The SMILES string of the molecule is CCCCCC/C=C\CCCCCCCC(=O)OCCCCCCCCCCCCCCCCCC/C=C\CCCCCCCCCCCCCCCCCCCC(=O)NC(CO)C(O)CCCCCCCCCCCCCCCCCCCCCC. The Bertz CT molecular complexity index is 1360. The van der Waals surface area contributed by atoms with Gasteiger partial charge >= 0.3 is 5.97 Å². The fraction of sp³-hybridized carbons (Fsp3) is 0.926. The zero-order valence-electron chi connectivity index (χ0n) is 59.3. The molecule has 3 N–H and O–H groups in total. The normalized spacial score (nSPS) is 12.6. The van der Waals surface area contributed by atoms with E-state index in [1.165, 1.54) is 379 Å². The molecule has 0 aromatic rings. The molecule has 0 bridgehead atoms. The van der Waals surface area contributed by atoms with Gasteiger partial charge in [0.05, 0.1) is 25.4 Å². The average Bonchev–Trinajstić information content (AvgIpc) is 3.54. The number of carbonyl (C=O) groups excluding carboxylic acids is 2. The van der Waals surface area contributed by atoms with Crippen LogP contribution in [-0.4, -0.2) is 47.4 Å². The maximum atomic E-state index is 12.6. The summed E-state index contributed by atoms with van der Waals surface area (Å²) in [5, 5.41) is 23.4. The summed E-state index contributed by atoms with van der Waals surface area (Å²) in [4.78, 5) is 24.6. The molecule has 0 aromatic carbocycles. The molecule has 0 aliphatic rings. The van der Waals surface area contributed by atoms with Crippen LogP contribution >= 0.6 is 0 Å². The number of unbranched alkanes of at least 4 members (excludes halogenated alkanes) is 61. The number of amides is 1. The molecule has 0 aliphatic heterocycles. The average molecular weight is 1230 g/mol. The van der Waals surface area contributed by atoms with Gasteiger partial charge in [0.2, 0.25) is 5.91 Å². The van der Waals surface area contributed by atoms with Crippen molar-refractivity contribution in [2.45, 2.75) is 469 Å². The predicted octanol–water partition coefficient (Wildman–Crippen LogP) is 26.4. The standard InChI is InChI=1S/C81H157NO5/c1-3-5-7-9-11-13-15-17-18-19-20-40-43-46-50-53-57-61-65-69-73-79(84)78(77-83)82-80(85)74-70-66-62-58-54-51-47-44-41-38-36-34-32-30-28-26-24-22-21-23-25-27-29-31-33-35-37-39-42-45-48-52-56-60-64-68-72-76-87-81(86)75-71-67-63-59-55-49-16-14-12-10-8-6-4-2/h14,16,21,23,78-79,83-84H,3-13,15,17-20,22,24-77H2,1-2H3,(H,82,85)/b16-14-,23-21-. The lowest BCUT2D eigenvalue weighted by Gasteiger charge is -2.22. The van der Waals surface area contributed by atoms with Crippen molar-refractivity contribution in [1.82, 2.24) is 5.32 Å². The van der Waals surface area contributed by atoms with Gasteiger partial charge in [-0.25, -0.2) is 0 Å². The van der Waals surface area contributed by atoms with Crippen LogP contribution in [0.4, 0.5) is 0 Å². The van der Waals surface area contributed by atoms with Crippen molar-refractivity contribution in [3.63, 3.8) is 0 Å². The van der Waals surface area contributed by atoms with Crippen molar-refractivity contribution >= 4 is 11.9 Å². The molecular weight excluding hydrogens is 1070 g/mol. The lowest BCUT2D eigenvalue weighted by atomic mass is 10.0. The highest BCUT2D eigenvalue weighted by Crippen LogP contribution is 2.20. The second-order valence-corrected chi connectivity index (χ2v) is 27.7. The van der Waals surface area contributed by atoms with Crippen LogP contribution < -0.4 is 5.32 Å². The monoisotopic (exact) mass is 1220 g/mol. The number of nitrogens with one attached hydrogen (secondary N) is 1. The van der Waals surface area contributed by atoms with Crippen LogP contribution in [0.15, 0.2) is 24.3 Å². The van der Waals surface area contributed by atoms with Gasteiger partial charge in [0, 0.05) is 12.8 Å². The molecule has 2 atom stereocenters. The minimum absolute atomic E-state index is 0.0130. The third-order valence-corrected chi connectivity index (χ3v) is 19.0. The third-order valence-electron chi connectivity index (χ3n) is 19.0. The van der Waals surface area contributed by atoms with Crippen LogP contribution in [0, 0.1) is 0 Å². The van der Waals surface area contributed by atoms with Gasteiger partial charge in [0.15, 0.2) is 0 Å². The summed E-state index contributed by atoms with van der Waals surface area (Å²) in [7, 11) is 0. The molecule has 0 aliphatic carbocycles.